The summed E-state index contributed by atoms with van der Waals surface area (Å²) in [6.07, 6.45) is 8.06. The number of hydrogen-bond acceptors (Lipinski definition) is 7. The van der Waals surface area contributed by atoms with Crippen LogP contribution in [-0.4, -0.2) is 49.6 Å². The Morgan fingerprint density at radius 3 is 2.46 bits per heavy atom. The Hall–Kier alpha value is -2.26. The van der Waals surface area contributed by atoms with Crippen molar-refractivity contribution in [3.63, 3.8) is 0 Å². The van der Waals surface area contributed by atoms with Gasteiger partial charge in [0.25, 0.3) is 5.91 Å². The lowest BCUT2D eigenvalue weighted by Gasteiger charge is -2.36. The van der Waals surface area contributed by atoms with Gasteiger partial charge in [0.1, 0.15) is 11.6 Å². The van der Waals surface area contributed by atoms with E-state index in [0.717, 1.165) is 36.8 Å². The molecule has 0 spiro atoms. The third kappa shape index (κ3) is 9.04. The second-order valence-corrected chi connectivity index (χ2v) is 9.81. The largest absolute Gasteiger partial charge is 0.461 e. The highest BCUT2D eigenvalue weighted by Gasteiger charge is 2.42. The van der Waals surface area contributed by atoms with Crippen LogP contribution in [-0.2, 0) is 35.2 Å². The molecule has 8 heteroatoms. The Balaban J connectivity index is 1.47. The van der Waals surface area contributed by atoms with Crippen molar-refractivity contribution >= 4 is 18.0 Å². The Labute approximate surface area is 208 Å². The van der Waals surface area contributed by atoms with Crippen molar-refractivity contribution in [2.24, 2.45) is 5.92 Å². The normalized spacial score (nSPS) is 19.2. The molecule has 3 rings (SSSR count). The van der Waals surface area contributed by atoms with E-state index >= 15 is 0 Å². The van der Waals surface area contributed by atoms with Crippen LogP contribution in [0.4, 0.5) is 0 Å². The molecule has 1 saturated carbocycles. The molecular formula is C27H40N2O6. The third-order valence-corrected chi connectivity index (χ3v) is 6.34. The molecule has 1 aromatic rings. The predicted octanol–water partition coefficient (Wildman–Crippen LogP) is 3.89. The van der Waals surface area contributed by atoms with Crippen LogP contribution >= 0.6 is 0 Å². The van der Waals surface area contributed by atoms with Crippen molar-refractivity contribution in [2.75, 3.05) is 19.8 Å². The molecule has 1 unspecified atom stereocenters. The lowest BCUT2D eigenvalue weighted by molar-refractivity contribution is -0.180. The maximum atomic E-state index is 13.1. The summed E-state index contributed by atoms with van der Waals surface area (Å²) in [6.45, 7) is 8.03. The Morgan fingerprint density at radius 1 is 1.11 bits per heavy atom. The Kier molecular flexibility index (Phi) is 10.7. The van der Waals surface area contributed by atoms with Crippen LogP contribution in [0.15, 0.2) is 30.3 Å². The number of carbonyl (C=O) groups excluding carboxylic acids is 2. The molecule has 194 valence electrons. The summed E-state index contributed by atoms with van der Waals surface area (Å²) in [4.78, 5) is 30.2. The van der Waals surface area contributed by atoms with Crippen molar-refractivity contribution in [2.45, 2.75) is 83.8 Å². The average Bonchev–Trinajstić information content (AvgIpc) is 3.38. The van der Waals surface area contributed by atoms with Crippen LogP contribution < -0.4 is 10.8 Å². The molecule has 2 aliphatic rings. The minimum absolute atomic E-state index is 0.0495. The first-order valence-electron chi connectivity index (χ1n) is 12.7. The van der Waals surface area contributed by atoms with Gasteiger partial charge in [-0.15, -0.1) is 0 Å². The maximum Gasteiger partial charge on any atom is 0.326 e. The Morgan fingerprint density at radius 2 is 1.80 bits per heavy atom. The van der Waals surface area contributed by atoms with Gasteiger partial charge in [0.15, 0.2) is 6.29 Å². The van der Waals surface area contributed by atoms with E-state index in [1.807, 2.05) is 38.1 Å². The SMILES string of the molecule is CC(C)COC(C)ONC(=O)/C=C/c1ccc(CNC2(C(=O)OC3CCCC3)CCOCC2)cc1. The van der Waals surface area contributed by atoms with Gasteiger partial charge in [0, 0.05) is 25.8 Å². The van der Waals surface area contributed by atoms with Crippen LogP contribution in [0.5, 0.6) is 0 Å². The van der Waals surface area contributed by atoms with Gasteiger partial charge in [0.2, 0.25) is 0 Å². The molecule has 1 atom stereocenters. The maximum absolute atomic E-state index is 13.1. The predicted molar refractivity (Wildman–Crippen MR) is 133 cm³/mol. The second-order valence-electron chi connectivity index (χ2n) is 9.81. The van der Waals surface area contributed by atoms with Crippen LogP contribution in [0.3, 0.4) is 0 Å². The van der Waals surface area contributed by atoms with Gasteiger partial charge < -0.3 is 14.2 Å². The quantitative estimate of drug-likeness (QED) is 0.199. The first-order valence-corrected chi connectivity index (χ1v) is 12.7. The highest BCUT2D eigenvalue weighted by molar-refractivity contribution is 5.90. The van der Waals surface area contributed by atoms with Gasteiger partial charge in [-0.1, -0.05) is 38.1 Å². The summed E-state index contributed by atoms with van der Waals surface area (Å²) in [7, 11) is 0. The highest BCUT2D eigenvalue weighted by Crippen LogP contribution is 2.28. The van der Waals surface area contributed by atoms with Gasteiger partial charge in [0.05, 0.1) is 6.61 Å². The van der Waals surface area contributed by atoms with Crippen molar-refractivity contribution in [1.82, 2.24) is 10.8 Å². The van der Waals surface area contributed by atoms with E-state index in [9.17, 15) is 9.59 Å². The number of hydroxylamine groups is 1. The fraction of sp³-hybridized carbons (Fsp3) is 0.630. The molecule has 1 amide bonds. The minimum Gasteiger partial charge on any atom is -0.461 e. The molecule has 1 aliphatic heterocycles. The number of rotatable bonds is 12. The summed E-state index contributed by atoms with van der Waals surface area (Å²) >= 11 is 0. The van der Waals surface area contributed by atoms with E-state index in [-0.39, 0.29) is 18.0 Å². The van der Waals surface area contributed by atoms with Crippen molar-refractivity contribution in [1.29, 1.82) is 0 Å². The van der Waals surface area contributed by atoms with E-state index in [2.05, 4.69) is 10.8 Å². The van der Waals surface area contributed by atoms with Crippen LogP contribution in [0, 0.1) is 5.92 Å². The topological polar surface area (TPSA) is 95.1 Å². The summed E-state index contributed by atoms with van der Waals surface area (Å²) < 4.78 is 16.8. The molecule has 2 N–H and O–H groups in total. The molecular weight excluding hydrogens is 448 g/mol. The molecule has 1 saturated heterocycles. The lowest BCUT2D eigenvalue weighted by atomic mass is 9.89. The zero-order valence-electron chi connectivity index (χ0n) is 21.2. The zero-order valence-corrected chi connectivity index (χ0v) is 21.2. The van der Waals surface area contributed by atoms with Crippen molar-refractivity contribution < 1.29 is 28.6 Å². The monoisotopic (exact) mass is 488 g/mol. The van der Waals surface area contributed by atoms with Crippen LogP contribution in [0.25, 0.3) is 6.08 Å². The fourth-order valence-corrected chi connectivity index (χ4v) is 4.17. The number of amides is 1. The first-order chi connectivity index (χ1) is 16.9. The summed E-state index contributed by atoms with van der Waals surface area (Å²) in [6, 6.07) is 7.84. The average molecular weight is 489 g/mol. The molecule has 1 aromatic carbocycles. The number of benzene rings is 1. The molecule has 0 radical (unpaired) electrons. The summed E-state index contributed by atoms with van der Waals surface area (Å²) in [5.74, 6) is -0.120. The first kappa shape index (κ1) is 27.3. The second kappa shape index (κ2) is 13.7. The molecule has 1 aliphatic carbocycles. The fourth-order valence-electron chi connectivity index (χ4n) is 4.17. The molecule has 1 heterocycles. The Bertz CT molecular complexity index is 827. The number of ether oxygens (including phenoxy) is 3. The standard InChI is InChI=1S/C27H40N2O6/c1-20(2)19-33-21(3)35-29-25(30)13-12-22-8-10-23(11-9-22)18-28-27(14-16-32-17-15-27)26(31)34-24-6-4-5-7-24/h8-13,20-21,24,28H,4-7,14-19H2,1-3H3,(H,29,30)/b13-12+. The van der Waals surface area contributed by atoms with Gasteiger partial charge >= 0.3 is 5.97 Å². The summed E-state index contributed by atoms with van der Waals surface area (Å²) in [5.41, 5.74) is 3.60. The van der Waals surface area contributed by atoms with Gasteiger partial charge in [-0.3, -0.25) is 14.9 Å². The zero-order chi connectivity index (χ0) is 25.1. The van der Waals surface area contributed by atoms with E-state index in [0.29, 0.717) is 45.1 Å². The molecule has 35 heavy (non-hydrogen) atoms. The number of esters is 1. The number of carbonyl (C=O) groups is 2. The number of hydrogen-bond donors (Lipinski definition) is 2. The van der Waals surface area contributed by atoms with Crippen LogP contribution in [0.1, 0.15) is 70.4 Å². The molecule has 0 aromatic heterocycles. The van der Waals surface area contributed by atoms with E-state index in [1.165, 1.54) is 6.08 Å². The smallest absolute Gasteiger partial charge is 0.326 e. The molecule has 2 fully saturated rings. The molecule has 0 bridgehead atoms. The van der Waals surface area contributed by atoms with E-state index in [4.69, 9.17) is 19.0 Å². The van der Waals surface area contributed by atoms with Gasteiger partial charge in [-0.05, 0) is 68.6 Å². The van der Waals surface area contributed by atoms with Gasteiger partial charge in [-0.25, -0.2) is 10.3 Å². The van der Waals surface area contributed by atoms with Gasteiger partial charge in [-0.2, -0.15) is 0 Å². The summed E-state index contributed by atoms with van der Waals surface area (Å²) in [5, 5.41) is 3.47. The van der Waals surface area contributed by atoms with E-state index in [1.54, 1.807) is 13.0 Å². The third-order valence-electron chi connectivity index (χ3n) is 6.34. The van der Waals surface area contributed by atoms with Crippen molar-refractivity contribution in [3.8, 4) is 0 Å². The highest BCUT2D eigenvalue weighted by atomic mass is 16.8. The lowest BCUT2D eigenvalue weighted by Crippen LogP contribution is -2.56. The van der Waals surface area contributed by atoms with Crippen molar-refractivity contribution in [3.05, 3.63) is 41.5 Å². The van der Waals surface area contributed by atoms with Crippen LogP contribution in [0.2, 0.25) is 0 Å². The molecule has 8 nitrogen and oxygen atoms in total. The number of nitrogens with one attached hydrogen (secondary N) is 2. The minimum atomic E-state index is -0.701. The van der Waals surface area contributed by atoms with E-state index < -0.39 is 11.8 Å².